The third-order valence-corrected chi connectivity index (χ3v) is 5.27. The number of rotatable bonds is 3. The summed E-state index contributed by atoms with van der Waals surface area (Å²) in [7, 11) is 0. The molecule has 6 heteroatoms. The maximum Gasteiger partial charge on any atom is 0.0184 e. The molecule has 2 fully saturated rings. The Balaban J connectivity index is 0.00000144. The van der Waals surface area contributed by atoms with Crippen LogP contribution in [0.2, 0.25) is 0 Å². The molecular weight excluding hydrogens is 289 g/mol. The lowest BCUT2D eigenvalue weighted by Gasteiger charge is -2.39. The monoisotopic (exact) mass is 315 g/mol. The highest BCUT2D eigenvalue weighted by Crippen LogP contribution is 2.23. The number of thioether (sulfide) groups is 1. The molecule has 0 radical (unpaired) electrons. The fourth-order valence-electron chi connectivity index (χ4n) is 2.52. The number of nitrogens with one attached hydrogen (secondary N) is 1. The quantitative estimate of drug-likeness (QED) is 0.851. The van der Waals surface area contributed by atoms with Crippen LogP contribution in [-0.2, 0) is 0 Å². The van der Waals surface area contributed by atoms with Crippen LogP contribution in [0.5, 0.6) is 0 Å². The minimum absolute atomic E-state index is 0. The first kappa shape index (κ1) is 18.8. The predicted molar refractivity (Wildman–Crippen MR) is 86.8 cm³/mol. The molecular formula is C12H27Cl2N3S. The molecule has 2 aliphatic heterocycles. The van der Waals surface area contributed by atoms with Crippen molar-refractivity contribution >= 4 is 36.6 Å². The minimum Gasteiger partial charge on any atom is -0.314 e. The largest absolute Gasteiger partial charge is 0.314 e. The van der Waals surface area contributed by atoms with Gasteiger partial charge in [0.2, 0.25) is 0 Å². The van der Waals surface area contributed by atoms with Crippen LogP contribution in [-0.4, -0.2) is 72.7 Å². The van der Waals surface area contributed by atoms with E-state index in [0.29, 0.717) is 0 Å². The van der Waals surface area contributed by atoms with E-state index in [4.69, 9.17) is 0 Å². The molecule has 0 aromatic heterocycles. The van der Waals surface area contributed by atoms with Crippen LogP contribution >= 0.6 is 36.6 Å². The summed E-state index contributed by atoms with van der Waals surface area (Å²) in [4.78, 5) is 5.26. The van der Waals surface area contributed by atoms with Crippen LogP contribution in [0.1, 0.15) is 13.8 Å². The summed E-state index contributed by atoms with van der Waals surface area (Å²) in [5.74, 6) is 1.31. The van der Waals surface area contributed by atoms with Gasteiger partial charge in [-0.1, -0.05) is 6.92 Å². The molecule has 1 N–H and O–H groups in total. The number of piperazine rings is 1. The standard InChI is InChI=1S/C12H25N3S.2ClH/c1-11-12(2)16-10-9-15(11)8-7-14-5-3-13-4-6-14;;/h11-13H,3-10H2,1-2H3;2*1H. The summed E-state index contributed by atoms with van der Waals surface area (Å²) >= 11 is 2.13. The molecule has 2 aliphatic rings. The Morgan fingerprint density at radius 1 is 1.06 bits per heavy atom. The van der Waals surface area contributed by atoms with E-state index in [2.05, 4.69) is 40.7 Å². The topological polar surface area (TPSA) is 18.5 Å². The smallest absolute Gasteiger partial charge is 0.0184 e. The first-order valence-electron chi connectivity index (χ1n) is 6.56. The van der Waals surface area contributed by atoms with Crippen molar-refractivity contribution in [3.63, 3.8) is 0 Å². The molecule has 0 amide bonds. The van der Waals surface area contributed by atoms with Crippen molar-refractivity contribution in [3.8, 4) is 0 Å². The zero-order valence-corrected chi connectivity index (χ0v) is 13.9. The van der Waals surface area contributed by atoms with E-state index in [9.17, 15) is 0 Å². The predicted octanol–water partition coefficient (Wildman–Crippen LogP) is 1.56. The molecule has 0 saturated carbocycles. The van der Waals surface area contributed by atoms with Crippen molar-refractivity contribution in [2.75, 3.05) is 51.6 Å². The van der Waals surface area contributed by atoms with Crippen LogP contribution in [0.3, 0.4) is 0 Å². The lowest BCUT2D eigenvalue weighted by atomic mass is 10.2. The second-order valence-corrected chi connectivity index (χ2v) is 6.43. The Morgan fingerprint density at radius 2 is 1.72 bits per heavy atom. The highest BCUT2D eigenvalue weighted by molar-refractivity contribution is 8.00. The van der Waals surface area contributed by atoms with Gasteiger partial charge in [0, 0.05) is 62.9 Å². The van der Waals surface area contributed by atoms with E-state index in [1.54, 1.807) is 0 Å². The number of hydrogen-bond donors (Lipinski definition) is 1. The fraction of sp³-hybridized carbons (Fsp3) is 1.00. The molecule has 2 rings (SSSR count). The summed E-state index contributed by atoms with van der Waals surface area (Å²) in [5, 5.41) is 4.21. The Hall–Kier alpha value is 0.810. The molecule has 110 valence electrons. The van der Waals surface area contributed by atoms with Gasteiger partial charge in [-0.2, -0.15) is 11.8 Å². The lowest BCUT2D eigenvalue weighted by Crippen LogP contribution is -2.50. The van der Waals surface area contributed by atoms with E-state index in [-0.39, 0.29) is 24.8 Å². The molecule has 2 unspecified atom stereocenters. The average molecular weight is 316 g/mol. The molecule has 0 spiro atoms. The zero-order valence-electron chi connectivity index (χ0n) is 11.4. The highest BCUT2D eigenvalue weighted by Gasteiger charge is 2.25. The highest BCUT2D eigenvalue weighted by atomic mass is 35.5. The van der Waals surface area contributed by atoms with E-state index in [0.717, 1.165) is 11.3 Å². The van der Waals surface area contributed by atoms with Crippen LogP contribution < -0.4 is 5.32 Å². The van der Waals surface area contributed by atoms with E-state index < -0.39 is 0 Å². The second kappa shape index (κ2) is 9.67. The van der Waals surface area contributed by atoms with E-state index in [1.165, 1.54) is 51.6 Å². The molecule has 2 atom stereocenters. The van der Waals surface area contributed by atoms with Gasteiger partial charge in [-0.3, -0.25) is 9.80 Å². The van der Waals surface area contributed by atoms with Gasteiger partial charge < -0.3 is 5.32 Å². The van der Waals surface area contributed by atoms with Gasteiger partial charge in [0.05, 0.1) is 0 Å². The van der Waals surface area contributed by atoms with Crippen LogP contribution in [0.15, 0.2) is 0 Å². The fourth-order valence-corrected chi connectivity index (χ4v) is 3.68. The van der Waals surface area contributed by atoms with Gasteiger partial charge in [-0.15, -0.1) is 24.8 Å². The minimum atomic E-state index is 0. The van der Waals surface area contributed by atoms with Gasteiger partial charge in [0.25, 0.3) is 0 Å². The van der Waals surface area contributed by atoms with Gasteiger partial charge in [0.1, 0.15) is 0 Å². The molecule has 0 aliphatic carbocycles. The Bertz CT molecular complexity index is 215. The Labute approximate surface area is 128 Å². The van der Waals surface area contributed by atoms with Gasteiger partial charge in [-0.05, 0) is 6.92 Å². The third-order valence-electron chi connectivity index (χ3n) is 3.93. The van der Waals surface area contributed by atoms with Gasteiger partial charge in [-0.25, -0.2) is 0 Å². The van der Waals surface area contributed by atoms with E-state index >= 15 is 0 Å². The molecule has 0 aromatic rings. The summed E-state index contributed by atoms with van der Waals surface area (Å²) in [6.07, 6.45) is 0. The normalized spacial score (nSPS) is 30.3. The first-order valence-corrected chi connectivity index (χ1v) is 7.61. The second-order valence-electron chi connectivity index (χ2n) is 4.94. The molecule has 3 nitrogen and oxygen atoms in total. The van der Waals surface area contributed by atoms with Crippen LogP contribution in [0.4, 0.5) is 0 Å². The van der Waals surface area contributed by atoms with Crippen molar-refractivity contribution < 1.29 is 0 Å². The van der Waals surface area contributed by atoms with Crippen molar-refractivity contribution in [1.82, 2.24) is 15.1 Å². The molecule has 2 heterocycles. The average Bonchev–Trinajstić information content (AvgIpc) is 2.32. The summed E-state index contributed by atoms with van der Waals surface area (Å²) in [6, 6.07) is 0.752. The molecule has 0 bridgehead atoms. The summed E-state index contributed by atoms with van der Waals surface area (Å²) < 4.78 is 0. The van der Waals surface area contributed by atoms with Crippen molar-refractivity contribution in [2.24, 2.45) is 0 Å². The Morgan fingerprint density at radius 3 is 2.39 bits per heavy atom. The lowest BCUT2D eigenvalue weighted by molar-refractivity contribution is 0.161. The van der Waals surface area contributed by atoms with Crippen molar-refractivity contribution in [2.45, 2.75) is 25.1 Å². The van der Waals surface area contributed by atoms with Crippen LogP contribution in [0.25, 0.3) is 0 Å². The Kier molecular flexibility index (Phi) is 10.1. The molecule has 2 saturated heterocycles. The molecule has 0 aromatic carbocycles. The zero-order chi connectivity index (χ0) is 11.4. The molecule has 18 heavy (non-hydrogen) atoms. The summed E-state index contributed by atoms with van der Waals surface area (Å²) in [5.41, 5.74) is 0. The maximum atomic E-state index is 3.41. The number of hydrogen-bond acceptors (Lipinski definition) is 4. The summed E-state index contributed by atoms with van der Waals surface area (Å²) in [6.45, 7) is 13.3. The SMILES string of the molecule is CC1SCCN(CCN2CCNCC2)C1C.Cl.Cl. The van der Waals surface area contributed by atoms with Crippen molar-refractivity contribution in [3.05, 3.63) is 0 Å². The number of halogens is 2. The maximum absolute atomic E-state index is 3.41. The van der Waals surface area contributed by atoms with E-state index in [1.807, 2.05) is 0 Å². The number of nitrogens with zero attached hydrogens (tertiary/aromatic N) is 2. The first-order chi connectivity index (χ1) is 7.77. The third kappa shape index (κ3) is 5.43. The van der Waals surface area contributed by atoms with Gasteiger partial charge >= 0.3 is 0 Å². The van der Waals surface area contributed by atoms with Gasteiger partial charge in [0.15, 0.2) is 0 Å². The van der Waals surface area contributed by atoms with Crippen LogP contribution in [0, 0.1) is 0 Å². The van der Waals surface area contributed by atoms with Crippen molar-refractivity contribution in [1.29, 1.82) is 0 Å².